The van der Waals surface area contributed by atoms with Crippen LogP contribution >= 0.6 is 0 Å². The SMILES string of the molecule is c1ccc(-c2ccc(-c3nc(-c4ccc(-c5ccccc5)cc4)nc(-c4cccc5c4-c4ccccc4C54c5ccccc5-c5ccccc54)n3)cc2)cc1.c1ccc(-c2nc(-c3ccccc3)nc(-c3ccc(-c4ccc(-c5ccc(-c6nc(-c7ccccc7)nc(-c7ccccc7)n6)cc5)c5ccccc45)cc3)n2)cc1. The zero-order valence-electron chi connectivity index (χ0n) is 61.2. The summed E-state index contributed by atoms with van der Waals surface area (Å²) >= 11 is 0. The Kier molecular flexibility index (Phi) is 17.3. The Morgan fingerprint density at radius 1 is 0.124 bits per heavy atom. The molecule has 16 aromatic carbocycles. The molecule has 0 N–H and O–H groups in total. The van der Waals surface area contributed by atoms with E-state index in [2.05, 4.69) is 273 Å². The summed E-state index contributed by atoms with van der Waals surface area (Å²) in [5.41, 5.74) is 27.4. The fraction of sp³-hybridized carbons (Fsp3) is 0.00962. The molecule has 0 atom stereocenters. The van der Waals surface area contributed by atoms with Gasteiger partial charge in [0.05, 0.1) is 5.41 Å². The van der Waals surface area contributed by atoms with Crippen LogP contribution < -0.4 is 0 Å². The molecular formula is C104H67N9. The van der Waals surface area contributed by atoms with Gasteiger partial charge >= 0.3 is 0 Å². The van der Waals surface area contributed by atoms with Crippen LogP contribution in [0, 0.1) is 0 Å². The molecule has 113 heavy (non-hydrogen) atoms. The molecular weight excluding hydrogens is 1380 g/mol. The number of hydrogen-bond acceptors (Lipinski definition) is 9. The summed E-state index contributed by atoms with van der Waals surface area (Å²) in [7, 11) is 0. The van der Waals surface area contributed by atoms with Crippen molar-refractivity contribution in [2.24, 2.45) is 0 Å². The van der Waals surface area contributed by atoms with Crippen molar-refractivity contribution in [3.63, 3.8) is 0 Å². The van der Waals surface area contributed by atoms with Crippen LogP contribution in [0.25, 0.3) is 180 Å². The van der Waals surface area contributed by atoms with Gasteiger partial charge in [-0.1, -0.05) is 406 Å². The Hall–Kier alpha value is -15.2. The molecule has 9 nitrogen and oxygen atoms in total. The smallest absolute Gasteiger partial charge is 0.164 e. The fourth-order valence-corrected chi connectivity index (χ4v) is 16.2. The maximum absolute atomic E-state index is 5.30. The summed E-state index contributed by atoms with van der Waals surface area (Å²) in [6.07, 6.45) is 0. The molecule has 0 unspecified atom stereocenters. The molecule has 3 heterocycles. The van der Waals surface area contributed by atoms with E-state index in [-0.39, 0.29) is 0 Å². The van der Waals surface area contributed by atoms with Gasteiger partial charge in [-0.05, 0) is 99.8 Å². The van der Waals surface area contributed by atoms with Crippen LogP contribution in [0.1, 0.15) is 22.3 Å². The van der Waals surface area contributed by atoms with E-state index in [0.717, 1.165) is 83.5 Å². The van der Waals surface area contributed by atoms with Gasteiger partial charge in [0.1, 0.15) is 0 Å². The third-order valence-electron chi connectivity index (χ3n) is 21.6. The topological polar surface area (TPSA) is 116 Å². The van der Waals surface area contributed by atoms with E-state index < -0.39 is 5.41 Å². The molecule has 0 amide bonds. The number of aromatic nitrogens is 9. The van der Waals surface area contributed by atoms with E-state index in [9.17, 15) is 0 Å². The van der Waals surface area contributed by atoms with Gasteiger partial charge in [0.2, 0.25) is 0 Å². The highest BCUT2D eigenvalue weighted by atomic mass is 15.1. The van der Waals surface area contributed by atoms with E-state index >= 15 is 0 Å². The molecule has 528 valence electrons. The second-order valence-electron chi connectivity index (χ2n) is 28.2. The molecule has 0 aliphatic heterocycles. The highest BCUT2D eigenvalue weighted by molar-refractivity contribution is 6.05. The van der Waals surface area contributed by atoms with E-state index in [0.29, 0.717) is 52.4 Å². The summed E-state index contributed by atoms with van der Waals surface area (Å²) in [4.78, 5) is 45.2. The van der Waals surface area contributed by atoms with Gasteiger partial charge < -0.3 is 0 Å². The summed E-state index contributed by atoms with van der Waals surface area (Å²) in [6.45, 7) is 0. The maximum atomic E-state index is 5.30. The second-order valence-corrected chi connectivity index (χ2v) is 28.2. The average molecular weight is 1440 g/mol. The van der Waals surface area contributed by atoms with Crippen molar-refractivity contribution in [2.75, 3.05) is 0 Å². The Morgan fingerprint density at radius 3 is 0.664 bits per heavy atom. The standard InChI is InChI=1S/C52H34N6.C52H33N3/c1-5-15-37(16-6-1)47-53-48(38-17-7-2-8-18-38)56-51(55-47)41-29-25-35(26-30-41)43-33-34-44(46-24-14-13-23-45(43)46)36-27-31-42(32-28-36)52-57-49(39-19-9-3-10-20-39)54-50(58-52)40-21-11-4-12-22-40;1-3-14-34(15-4-1)36-26-30-38(31-27-36)49-53-50(39-32-28-37(29-33-39)35-16-5-2-6-17-35)55-51(54-49)43-21-13-25-47-48(43)42-20-9-12-24-46(42)52(47)44-22-10-7-18-40(44)41-19-8-11-23-45(41)52/h1-34H;1-33H. The highest BCUT2D eigenvalue weighted by Crippen LogP contribution is 2.64. The lowest BCUT2D eigenvalue weighted by Crippen LogP contribution is -2.25. The number of hydrogen-bond donors (Lipinski definition) is 0. The number of rotatable bonds is 13. The summed E-state index contributed by atoms with van der Waals surface area (Å²) in [6, 6.07) is 142. The summed E-state index contributed by atoms with van der Waals surface area (Å²) < 4.78 is 0. The van der Waals surface area contributed by atoms with Crippen molar-refractivity contribution >= 4 is 10.8 Å². The van der Waals surface area contributed by atoms with E-state index in [1.54, 1.807) is 0 Å². The predicted octanol–water partition coefficient (Wildman–Crippen LogP) is 25.1. The number of benzene rings is 16. The lowest BCUT2D eigenvalue weighted by Gasteiger charge is -2.30. The van der Waals surface area contributed by atoms with Gasteiger partial charge in [0, 0.05) is 50.1 Å². The summed E-state index contributed by atoms with van der Waals surface area (Å²) in [5.74, 6) is 5.78. The first-order chi connectivity index (χ1) is 56.0. The van der Waals surface area contributed by atoms with Gasteiger partial charge in [-0.25, -0.2) is 44.9 Å². The minimum absolute atomic E-state index is 0.450. The Morgan fingerprint density at radius 2 is 0.336 bits per heavy atom. The third-order valence-corrected chi connectivity index (χ3v) is 21.6. The zero-order valence-corrected chi connectivity index (χ0v) is 61.2. The molecule has 0 bridgehead atoms. The maximum Gasteiger partial charge on any atom is 0.164 e. The van der Waals surface area contributed by atoms with Crippen molar-refractivity contribution in [3.8, 4) is 169 Å². The zero-order chi connectivity index (χ0) is 75.0. The molecule has 2 aliphatic carbocycles. The number of nitrogens with zero attached hydrogens (tertiary/aromatic N) is 9. The second kappa shape index (κ2) is 29.1. The Labute approximate surface area is 654 Å². The van der Waals surface area contributed by atoms with E-state index in [1.807, 2.05) is 133 Å². The first-order valence-corrected chi connectivity index (χ1v) is 38.0. The minimum Gasteiger partial charge on any atom is -0.208 e. The van der Waals surface area contributed by atoms with Crippen LogP contribution in [-0.2, 0) is 5.41 Å². The molecule has 0 saturated carbocycles. The lowest BCUT2D eigenvalue weighted by molar-refractivity contribution is 0.794. The van der Waals surface area contributed by atoms with Crippen molar-refractivity contribution in [3.05, 3.63) is 429 Å². The van der Waals surface area contributed by atoms with Crippen LogP contribution in [0.3, 0.4) is 0 Å². The molecule has 2 aliphatic rings. The lowest BCUT2D eigenvalue weighted by atomic mass is 9.70. The quantitative estimate of drug-likeness (QED) is 0.111. The first-order valence-electron chi connectivity index (χ1n) is 38.0. The van der Waals surface area contributed by atoms with Crippen LogP contribution in [0.15, 0.2) is 406 Å². The minimum atomic E-state index is -0.450. The molecule has 3 aromatic heterocycles. The molecule has 9 heteroatoms. The van der Waals surface area contributed by atoms with Crippen LogP contribution in [0.5, 0.6) is 0 Å². The van der Waals surface area contributed by atoms with Gasteiger partial charge in [-0.3, -0.25) is 0 Å². The van der Waals surface area contributed by atoms with Gasteiger partial charge in [-0.2, -0.15) is 0 Å². The molecule has 0 fully saturated rings. The normalized spacial score (nSPS) is 12.0. The monoisotopic (exact) mass is 1440 g/mol. The average Bonchev–Trinajstić information content (AvgIpc) is 1.51. The molecule has 0 radical (unpaired) electrons. The van der Waals surface area contributed by atoms with Crippen molar-refractivity contribution in [2.45, 2.75) is 5.41 Å². The summed E-state index contributed by atoms with van der Waals surface area (Å²) in [5, 5.41) is 2.35. The van der Waals surface area contributed by atoms with Gasteiger partial charge in [0.15, 0.2) is 52.4 Å². The first kappa shape index (κ1) is 67.2. The van der Waals surface area contributed by atoms with E-state index in [4.69, 9.17) is 44.9 Å². The number of fused-ring (bicyclic) bond motifs is 11. The van der Waals surface area contributed by atoms with Crippen LogP contribution in [0.2, 0.25) is 0 Å². The largest absolute Gasteiger partial charge is 0.208 e. The molecule has 19 aromatic rings. The fourth-order valence-electron chi connectivity index (χ4n) is 16.2. The highest BCUT2D eigenvalue weighted by Gasteiger charge is 2.52. The van der Waals surface area contributed by atoms with Crippen molar-refractivity contribution in [1.82, 2.24) is 44.9 Å². The molecule has 1 spiro atoms. The molecule has 0 saturated heterocycles. The Bertz CT molecular complexity index is 6260. The van der Waals surface area contributed by atoms with Crippen LogP contribution in [0.4, 0.5) is 0 Å². The van der Waals surface area contributed by atoms with Gasteiger partial charge in [0.25, 0.3) is 0 Å². The van der Waals surface area contributed by atoms with Gasteiger partial charge in [-0.15, -0.1) is 0 Å². The van der Waals surface area contributed by atoms with Crippen molar-refractivity contribution in [1.29, 1.82) is 0 Å². The van der Waals surface area contributed by atoms with Crippen molar-refractivity contribution < 1.29 is 0 Å². The third kappa shape index (κ3) is 12.5. The molecule has 21 rings (SSSR count). The van der Waals surface area contributed by atoms with E-state index in [1.165, 1.54) is 66.4 Å². The Balaban J connectivity index is 0.000000147. The van der Waals surface area contributed by atoms with Crippen LogP contribution in [-0.4, -0.2) is 44.9 Å². The predicted molar refractivity (Wildman–Crippen MR) is 458 cm³/mol.